The summed E-state index contributed by atoms with van der Waals surface area (Å²) in [6.45, 7) is 8.17. The van der Waals surface area contributed by atoms with Gasteiger partial charge in [0.1, 0.15) is 5.82 Å². The lowest BCUT2D eigenvalue weighted by Gasteiger charge is -2.41. The molecular weight excluding hydrogens is 319 g/mol. The normalized spacial score (nSPS) is 23.7. The molecule has 2 heterocycles. The summed E-state index contributed by atoms with van der Waals surface area (Å²) in [6.07, 6.45) is 2.37. The number of hydrogen-bond donors (Lipinski definition) is 0. The Bertz CT molecular complexity index is 712. The molecule has 0 N–H and O–H groups in total. The maximum Gasteiger partial charge on any atom is 0.243 e. The number of nitrogens with zero attached hydrogens (tertiary/aromatic N) is 4. The van der Waals surface area contributed by atoms with Gasteiger partial charge in [-0.2, -0.15) is 4.98 Å². The summed E-state index contributed by atoms with van der Waals surface area (Å²) < 4.78 is 18.6. The average Bonchev–Trinajstić information content (AvgIpc) is 3.34. The van der Waals surface area contributed by atoms with E-state index in [0.717, 1.165) is 43.5 Å². The predicted molar refractivity (Wildman–Crippen MR) is 92.5 cm³/mol. The van der Waals surface area contributed by atoms with E-state index in [1.165, 1.54) is 25.0 Å². The molecule has 1 saturated heterocycles. The van der Waals surface area contributed by atoms with Crippen molar-refractivity contribution in [2.75, 3.05) is 19.6 Å². The van der Waals surface area contributed by atoms with Crippen LogP contribution in [0.1, 0.15) is 55.9 Å². The standard InChI is InChI=1S/C19H25FN4O/c1-13-11-23(12-15-3-7-17(20)8-4-15)9-10-24(13)14(2)19-21-18(22-25-19)16-5-6-16/h3-4,7-8,13-14,16H,5-6,9-12H2,1-2H3/t13-,14-/m1/s1. The third-order valence-electron chi connectivity index (χ3n) is 5.34. The third-order valence-corrected chi connectivity index (χ3v) is 5.34. The van der Waals surface area contributed by atoms with Gasteiger partial charge in [0.2, 0.25) is 5.89 Å². The van der Waals surface area contributed by atoms with Gasteiger partial charge in [0.15, 0.2) is 5.82 Å². The fourth-order valence-corrected chi connectivity index (χ4v) is 3.68. The number of aromatic nitrogens is 2. The van der Waals surface area contributed by atoms with E-state index in [0.29, 0.717) is 12.0 Å². The van der Waals surface area contributed by atoms with Gasteiger partial charge in [0.25, 0.3) is 0 Å². The molecule has 134 valence electrons. The Morgan fingerprint density at radius 2 is 2.00 bits per heavy atom. The second kappa shape index (κ2) is 6.84. The first kappa shape index (κ1) is 16.7. The van der Waals surface area contributed by atoms with Gasteiger partial charge in [-0.1, -0.05) is 17.3 Å². The predicted octanol–water partition coefficient (Wildman–Crippen LogP) is 3.35. The van der Waals surface area contributed by atoms with Crippen molar-refractivity contribution in [2.24, 2.45) is 0 Å². The van der Waals surface area contributed by atoms with Crippen LogP contribution in [0, 0.1) is 5.82 Å². The van der Waals surface area contributed by atoms with Gasteiger partial charge in [-0.25, -0.2) is 4.39 Å². The zero-order valence-corrected chi connectivity index (χ0v) is 14.9. The van der Waals surface area contributed by atoms with E-state index >= 15 is 0 Å². The number of rotatable bonds is 5. The molecule has 1 saturated carbocycles. The van der Waals surface area contributed by atoms with E-state index in [-0.39, 0.29) is 11.9 Å². The van der Waals surface area contributed by atoms with Crippen molar-refractivity contribution >= 4 is 0 Å². The van der Waals surface area contributed by atoms with Crippen molar-refractivity contribution in [3.05, 3.63) is 47.4 Å². The first-order chi connectivity index (χ1) is 12.1. The number of hydrogen-bond acceptors (Lipinski definition) is 5. The van der Waals surface area contributed by atoms with Crippen LogP contribution >= 0.6 is 0 Å². The lowest BCUT2D eigenvalue weighted by molar-refractivity contribution is 0.0397. The molecule has 2 atom stereocenters. The van der Waals surface area contributed by atoms with Gasteiger partial charge in [-0.05, 0) is 44.4 Å². The summed E-state index contributed by atoms with van der Waals surface area (Å²) in [5.74, 6) is 1.96. The highest BCUT2D eigenvalue weighted by molar-refractivity contribution is 5.16. The summed E-state index contributed by atoms with van der Waals surface area (Å²) in [7, 11) is 0. The number of piperazine rings is 1. The van der Waals surface area contributed by atoms with Crippen LogP contribution in [0.2, 0.25) is 0 Å². The van der Waals surface area contributed by atoms with E-state index in [2.05, 4.69) is 33.8 Å². The Balaban J connectivity index is 1.36. The maximum atomic E-state index is 13.0. The average molecular weight is 344 g/mol. The van der Waals surface area contributed by atoms with E-state index in [1.54, 1.807) is 0 Å². The Labute approximate surface area is 147 Å². The molecule has 0 spiro atoms. The molecule has 2 aromatic rings. The molecule has 0 radical (unpaired) electrons. The van der Waals surface area contributed by atoms with Gasteiger partial charge in [0.05, 0.1) is 6.04 Å². The van der Waals surface area contributed by atoms with Crippen molar-refractivity contribution in [1.29, 1.82) is 0 Å². The van der Waals surface area contributed by atoms with Gasteiger partial charge < -0.3 is 4.52 Å². The first-order valence-electron chi connectivity index (χ1n) is 9.16. The van der Waals surface area contributed by atoms with Crippen molar-refractivity contribution in [3.63, 3.8) is 0 Å². The topological polar surface area (TPSA) is 45.4 Å². The number of halogens is 1. The van der Waals surface area contributed by atoms with Crippen LogP contribution in [-0.2, 0) is 6.54 Å². The van der Waals surface area contributed by atoms with Gasteiger partial charge in [0, 0.05) is 38.1 Å². The zero-order valence-electron chi connectivity index (χ0n) is 14.9. The van der Waals surface area contributed by atoms with Gasteiger partial charge in [-0.15, -0.1) is 0 Å². The number of benzene rings is 1. The molecule has 0 amide bonds. The highest BCUT2D eigenvalue weighted by Crippen LogP contribution is 2.38. The fourth-order valence-electron chi connectivity index (χ4n) is 3.68. The summed E-state index contributed by atoms with van der Waals surface area (Å²) >= 11 is 0. The van der Waals surface area contributed by atoms with Crippen molar-refractivity contribution < 1.29 is 8.91 Å². The lowest BCUT2D eigenvalue weighted by Crippen LogP contribution is -2.52. The smallest absolute Gasteiger partial charge is 0.243 e. The highest BCUT2D eigenvalue weighted by Gasteiger charge is 2.33. The van der Waals surface area contributed by atoms with Crippen LogP contribution in [0.5, 0.6) is 0 Å². The molecule has 2 aliphatic rings. The molecule has 0 bridgehead atoms. The van der Waals surface area contributed by atoms with Crippen molar-refractivity contribution in [1.82, 2.24) is 19.9 Å². The highest BCUT2D eigenvalue weighted by atomic mass is 19.1. The molecule has 25 heavy (non-hydrogen) atoms. The Morgan fingerprint density at radius 3 is 2.68 bits per heavy atom. The van der Waals surface area contributed by atoms with E-state index < -0.39 is 0 Å². The van der Waals surface area contributed by atoms with Crippen LogP contribution in [0.25, 0.3) is 0 Å². The second-order valence-corrected chi connectivity index (χ2v) is 7.39. The largest absolute Gasteiger partial charge is 0.338 e. The molecule has 6 heteroatoms. The zero-order chi connectivity index (χ0) is 17.4. The summed E-state index contributed by atoms with van der Waals surface area (Å²) in [5.41, 5.74) is 1.15. The SMILES string of the molecule is C[C@@H]1CN(Cc2ccc(F)cc2)CCN1[C@H](C)c1nc(C2CC2)no1. The Kier molecular flexibility index (Phi) is 4.56. The fraction of sp³-hybridized carbons (Fsp3) is 0.579. The molecule has 4 rings (SSSR count). The van der Waals surface area contributed by atoms with Crippen LogP contribution in [-0.4, -0.2) is 45.6 Å². The summed E-state index contributed by atoms with van der Waals surface area (Å²) in [6, 6.07) is 7.34. The van der Waals surface area contributed by atoms with Crippen LogP contribution in [0.15, 0.2) is 28.8 Å². The quantitative estimate of drug-likeness (QED) is 0.832. The maximum absolute atomic E-state index is 13.0. The molecule has 1 aliphatic carbocycles. The molecule has 2 fully saturated rings. The van der Waals surface area contributed by atoms with Gasteiger partial charge in [-0.3, -0.25) is 9.80 Å². The van der Waals surface area contributed by atoms with Crippen molar-refractivity contribution in [2.45, 2.75) is 51.2 Å². The minimum atomic E-state index is -0.180. The monoisotopic (exact) mass is 344 g/mol. The van der Waals surface area contributed by atoms with Crippen molar-refractivity contribution in [3.8, 4) is 0 Å². The van der Waals surface area contributed by atoms with E-state index in [9.17, 15) is 4.39 Å². The first-order valence-corrected chi connectivity index (χ1v) is 9.16. The lowest BCUT2D eigenvalue weighted by atomic mass is 10.1. The Morgan fingerprint density at radius 1 is 1.24 bits per heavy atom. The third kappa shape index (κ3) is 3.75. The van der Waals surface area contributed by atoms with Gasteiger partial charge >= 0.3 is 0 Å². The molecule has 0 unspecified atom stereocenters. The Hall–Kier alpha value is -1.79. The van der Waals surface area contributed by atoms with E-state index in [4.69, 9.17) is 4.52 Å². The molecule has 1 aromatic heterocycles. The molecule has 5 nitrogen and oxygen atoms in total. The molecule has 1 aromatic carbocycles. The summed E-state index contributed by atoms with van der Waals surface area (Å²) in [4.78, 5) is 9.47. The minimum absolute atomic E-state index is 0.142. The van der Waals surface area contributed by atoms with Crippen LogP contribution < -0.4 is 0 Å². The van der Waals surface area contributed by atoms with Crippen LogP contribution in [0.4, 0.5) is 4.39 Å². The molecule has 1 aliphatic heterocycles. The minimum Gasteiger partial charge on any atom is -0.338 e. The summed E-state index contributed by atoms with van der Waals surface area (Å²) in [5, 5.41) is 4.14. The molecular formula is C19H25FN4O. The second-order valence-electron chi connectivity index (χ2n) is 7.39. The van der Waals surface area contributed by atoms with E-state index in [1.807, 2.05) is 12.1 Å². The van der Waals surface area contributed by atoms with Crippen LogP contribution in [0.3, 0.4) is 0 Å².